The predicted octanol–water partition coefficient (Wildman–Crippen LogP) is 5.51. The highest BCUT2D eigenvalue weighted by atomic mass is 31.1. The Labute approximate surface area is 121 Å². The molecule has 0 aliphatic rings. The van der Waals surface area contributed by atoms with E-state index in [1.54, 1.807) is 0 Å². The first kappa shape index (κ1) is 16.7. The molecule has 2 heteroatoms. The van der Waals surface area contributed by atoms with E-state index in [2.05, 4.69) is 42.3 Å². The van der Waals surface area contributed by atoms with Gasteiger partial charge in [-0.25, -0.2) is 0 Å². The molecule has 0 aromatic heterocycles. The van der Waals surface area contributed by atoms with Gasteiger partial charge in [0.15, 0.2) is 0 Å². The molecule has 0 radical (unpaired) electrons. The molecule has 0 saturated carbocycles. The maximum Gasteiger partial charge on any atom is 0.00300 e. The van der Waals surface area contributed by atoms with Gasteiger partial charge in [0.05, 0.1) is 0 Å². The summed E-state index contributed by atoms with van der Waals surface area (Å²) in [5, 5.41) is 3.57. The Bertz CT molecular complexity index is 287. The summed E-state index contributed by atoms with van der Waals surface area (Å²) in [5.74, 6) is 0. The maximum atomic E-state index is 3.57. The van der Waals surface area contributed by atoms with Gasteiger partial charge >= 0.3 is 0 Å². The smallest absolute Gasteiger partial charge is 0.00300 e. The van der Waals surface area contributed by atoms with Gasteiger partial charge in [-0.2, -0.15) is 0 Å². The molecule has 1 atom stereocenters. The van der Waals surface area contributed by atoms with Crippen molar-refractivity contribution in [1.82, 2.24) is 5.09 Å². The standard InChI is InChI=1S/C17H30NP/c1-2-3-4-5-6-7-8-12-15-18-19-16-17-13-10-9-11-14-17/h9-11,13-14,18-19H,2-8,12,15-16H2,1H3. The van der Waals surface area contributed by atoms with Crippen molar-refractivity contribution in [2.24, 2.45) is 0 Å². The van der Waals surface area contributed by atoms with E-state index in [1.165, 1.54) is 69.6 Å². The SMILES string of the molecule is CCCCCCCCCCNPCc1ccccc1. The van der Waals surface area contributed by atoms with Gasteiger partial charge in [0.25, 0.3) is 0 Å². The molecular weight excluding hydrogens is 249 g/mol. The predicted molar refractivity (Wildman–Crippen MR) is 89.1 cm³/mol. The lowest BCUT2D eigenvalue weighted by atomic mass is 10.1. The molecule has 0 bridgehead atoms. The van der Waals surface area contributed by atoms with Crippen molar-refractivity contribution >= 4 is 8.73 Å². The minimum absolute atomic E-state index is 0.872. The molecule has 0 fully saturated rings. The molecule has 1 rings (SSSR count). The zero-order valence-electron chi connectivity index (χ0n) is 12.5. The van der Waals surface area contributed by atoms with E-state index in [-0.39, 0.29) is 0 Å². The number of benzene rings is 1. The Morgan fingerprint density at radius 1 is 0.842 bits per heavy atom. The van der Waals surface area contributed by atoms with E-state index in [1.807, 2.05) is 0 Å². The van der Waals surface area contributed by atoms with Gasteiger partial charge < -0.3 is 0 Å². The average Bonchev–Trinajstić information content (AvgIpc) is 2.46. The third kappa shape index (κ3) is 10.1. The van der Waals surface area contributed by atoms with Gasteiger partial charge in [-0.3, -0.25) is 5.09 Å². The van der Waals surface area contributed by atoms with Crippen LogP contribution in [0.5, 0.6) is 0 Å². The fourth-order valence-electron chi connectivity index (χ4n) is 2.20. The van der Waals surface area contributed by atoms with Gasteiger partial charge in [-0.15, -0.1) is 0 Å². The van der Waals surface area contributed by atoms with Gasteiger partial charge in [0, 0.05) is 6.16 Å². The summed E-state index contributed by atoms with van der Waals surface area (Å²) < 4.78 is 0. The molecule has 0 aliphatic carbocycles. The van der Waals surface area contributed by atoms with E-state index < -0.39 is 0 Å². The number of hydrogen-bond acceptors (Lipinski definition) is 1. The molecule has 0 amide bonds. The highest BCUT2D eigenvalue weighted by Crippen LogP contribution is 2.14. The van der Waals surface area contributed by atoms with Crippen molar-refractivity contribution < 1.29 is 0 Å². The Balaban J connectivity index is 1.79. The van der Waals surface area contributed by atoms with Crippen LogP contribution in [0.4, 0.5) is 0 Å². The summed E-state index contributed by atoms with van der Waals surface area (Å²) in [4.78, 5) is 0. The zero-order chi connectivity index (χ0) is 13.6. The third-order valence-corrected chi connectivity index (χ3v) is 4.50. The summed E-state index contributed by atoms with van der Waals surface area (Å²) in [6.07, 6.45) is 12.4. The molecule has 108 valence electrons. The van der Waals surface area contributed by atoms with Crippen LogP contribution in [-0.2, 0) is 6.16 Å². The van der Waals surface area contributed by atoms with Crippen LogP contribution in [0, 0.1) is 0 Å². The van der Waals surface area contributed by atoms with E-state index in [4.69, 9.17) is 0 Å². The van der Waals surface area contributed by atoms with E-state index in [0.29, 0.717) is 0 Å². The molecule has 1 aromatic carbocycles. The Kier molecular flexibility index (Phi) is 11.1. The normalized spacial score (nSPS) is 11.4. The lowest BCUT2D eigenvalue weighted by Gasteiger charge is -2.05. The molecule has 1 unspecified atom stereocenters. The highest BCUT2D eigenvalue weighted by molar-refractivity contribution is 7.34. The number of hydrogen-bond donors (Lipinski definition) is 1. The lowest BCUT2D eigenvalue weighted by molar-refractivity contribution is 0.575. The van der Waals surface area contributed by atoms with Crippen LogP contribution < -0.4 is 5.09 Å². The van der Waals surface area contributed by atoms with E-state index in [9.17, 15) is 0 Å². The molecular formula is C17H30NP. The molecule has 0 aliphatic heterocycles. The fraction of sp³-hybridized carbons (Fsp3) is 0.647. The molecule has 0 heterocycles. The lowest BCUT2D eigenvalue weighted by Crippen LogP contribution is -2.03. The summed E-state index contributed by atoms with van der Waals surface area (Å²) in [6.45, 7) is 3.47. The number of unbranched alkanes of at least 4 members (excludes halogenated alkanes) is 7. The minimum Gasteiger partial charge on any atom is -0.298 e. The molecule has 1 aromatic rings. The van der Waals surface area contributed by atoms with Crippen LogP contribution in [0.25, 0.3) is 0 Å². The minimum atomic E-state index is 0.872. The quantitative estimate of drug-likeness (QED) is 0.393. The Morgan fingerprint density at radius 2 is 1.47 bits per heavy atom. The summed E-state index contributed by atoms with van der Waals surface area (Å²) >= 11 is 0. The van der Waals surface area contributed by atoms with Crippen LogP contribution >= 0.6 is 8.73 Å². The highest BCUT2D eigenvalue weighted by Gasteiger charge is 1.93. The van der Waals surface area contributed by atoms with Crippen LogP contribution in [0.2, 0.25) is 0 Å². The summed E-state index contributed by atoms with van der Waals surface area (Å²) in [7, 11) is 0.872. The van der Waals surface area contributed by atoms with Gasteiger partial charge in [0.1, 0.15) is 0 Å². The van der Waals surface area contributed by atoms with Gasteiger partial charge in [-0.05, 0) is 27.3 Å². The molecule has 1 N–H and O–H groups in total. The van der Waals surface area contributed by atoms with Crippen molar-refractivity contribution in [3.05, 3.63) is 35.9 Å². The van der Waals surface area contributed by atoms with Crippen LogP contribution in [0.3, 0.4) is 0 Å². The van der Waals surface area contributed by atoms with Crippen molar-refractivity contribution in [3.63, 3.8) is 0 Å². The first-order chi connectivity index (χ1) is 9.43. The van der Waals surface area contributed by atoms with Crippen LogP contribution in [0.1, 0.15) is 63.9 Å². The summed E-state index contributed by atoms with van der Waals surface area (Å²) in [5.41, 5.74) is 1.45. The van der Waals surface area contributed by atoms with Crippen molar-refractivity contribution in [1.29, 1.82) is 0 Å². The number of nitrogens with one attached hydrogen (secondary N) is 1. The van der Waals surface area contributed by atoms with Crippen LogP contribution in [0.15, 0.2) is 30.3 Å². The second-order valence-corrected chi connectivity index (χ2v) is 6.30. The topological polar surface area (TPSA) is 12.0 Å². The Hall–Kier alpha value is -0.390. The first-order valence-corrected chi connectivity index (χ1v) is 9.14. The second-order valence-electron chi connectivity index (χ2n) is 5.24. The van der Waals surface area contributed by atoms with E-state index in [0.717, 1.165) is 8.73 Å². The summed E-state index contributed by atoms with van der Waals surface area (Å²) in [6, 6.07) is 10.8. The average molecular weight is 279 g/mol. The molecule has 0 spiro atoms. The van der Waals surface area contributed by atoms with Crippen LogP contribution in [-0.4, -0.2) is 6.54 Å². The van der Waals surface area contributed by atoms with E-state index >= 15 is 0 Å². The van der Waals surface area contributed by atoms with Crippen molar-refractivity contribution in [2.45, 2.75) is 64.5 Å². The van der Waals surface area contributed by atoms with Gasteiger partial charge in [0.2, 0.25) is 0 Å². The molecule has 0 saturated heterocycles. The van der Waals surface area contributed by atoms with Crippen molar-refractivity contribution in [3.8, 4) is 0 Å². The Morgan fingerprint density at radius 3 is 2.16 bits per heavy atom. The molecule has 19 heavy (non-hydrogen) atoms. The maximum absolute atomic E-state index is 3.57. The molecule has 1 nitrogen and oxygen atoms in total. The van der Waals surface area contributed by atoms with Crippen molar-refractivity contribution in [2.75, 3.05) is 6.54 Å². The monoisotopic (exact) mass is 279 g/mol. The second kappa shape index (κ2) is 12.6. The third-order valence-electron chi connectivity index (χ3n) is 3.42. The zero-order valence-corrected chi connectivity index (χ0v) is 13.5. The van der Waals surface area contributed by atoms with Gasteiger partial charge in [-0.1, -0.05) is 82.2 Å². The number of rotatable bonds is 12. The fourth-order valence-corrected chi connectivity index (χ4v) is 3.11. The largest absolute Gasteiger partial charge is 0.298 e. The first-order valence-electron chi connectivity index (χ1n) is 7.93.